The topological polar surface area (TPSA) is 35.2 Å². The maximum absolute atomic E-state index is 13.5. The zero-order valence-electron chi connectivity index (χ0n) is 10.2. The van der Waals surface area contributed by atoms with Crippen molar-refractivity contribution in [3.63, 3.8) is 0 Å². The fourth-order valence-corrected chi connectivity index (χ4v) is 2.44. The van der Waals surface area contributed by atoms with Gasteiger partial charge in [0.15, 0.2) is 11.6 Å². The third-order valence-corrected chi connectivity index (χ3v) is 3.68. The lowest BCUT2D eigenvalue weighted by atomic mass is 9.98. The fourth-order valence-electron chi connectivity index (χ4n) is 1.87. The van der Waals surface area contributed by atoms with Crippen molar-refractivity contribution in [1.29, 1.82) is 0 Å². The Labute approximate surface area is 118 Å². The Hall–Kier alpha value is -1.46. The molecule has 2 aromatic rings. The van der Waals surface area contributed by atoms with E-state index in [2.05, 4.69) is 15.9 Å². The molecule has 0 fully saturated rings. The minimum Gasteiger partial charge on any atom is -0.496 e. The van der Waals surface area contributed by atoms with Gasteiger partial charge < -0.3 is 10.5 Å². The monoisotopic (exact) mass is 327 g/mol. The summed E-state index contributed by atoms with van der Waals surface area (Å²) in [5.74, 6) is -1.25. The van der Waals surface area contributed by atoms with Gasteiger partial charge in [-0.2, -0.15) is 0 Å². The van der Waals surface area contributed by atoms with E-state index in [4.69, 9.17) is 10.5 Å². The van der Waals surface area contributed by atoms with Gasteiger partial charge in [0.1, 0.15) is 5.75 Å². The number of methoxy groups -OCH3 is 1. The third-order valence-electron chi connectivity index (χ3n) is 2.87. The van der Waals surface area contributed by atoms with Crippen molar-refractivity contribution in [1.82, 2.24) is 0 Å². The Balaban J connectivity index is 2.50. The quantitative estimate of drug-likeness (QED) is 0.870. The summed E-state index contributed by atoms with van der Waals surface area (Å²) in [5.41, 5.74) is 7.28. The van der Waals surface area contributed by atoms with Crippen LogP contribution in [0.25, 0.3) is 0 Å². The van der Waals surface area contributed by atoms with Crippen LogP contribution < -0.4 is 10.5 Å². The van der Waals surface area contributed by atoms with Gasteiger partial charge >= 0.3 is 0 Å². The molecule has 0 radical (unpaired) electrons. The summed E-state index contributed by atoms with van der Waals surface area (Å²) in [6.07, 6.45) is 0. The first-order valence-corrected chi connectivity index (χ1v) is 6.37. The molecule has 0 aliphatic rings. The minimum atomic E-state index is -0.942. The Morgan fingerprint density at radius 1 is 1.11 bits per heavy atom. The second-order valence-electron chi connectivity index (χ2n) is 3.98. The van der Waals surface area contributed by atoms with Crippen LogP contribution in [-0.4, -0.2) is 7.11 Å². The zero-order chi connectivity index (χ0) is 14.0. The molecule has 0 spiro atoms. The van der Waals surface area contributed by atoms with E-state index in [9.17, 15) is 8.78 Å². The summed E-state index contributed by atoms with van der Waals surface area (Å²) in [4.78, 5) is 0. The van der Waals surface area contributed by atoms with Gasteiger partial charge in [0.2, 0.25) is 0 Å². The number of nitrogens with two attached hydrogens (primary N) is 1. The molecule has 0 bridgehead atoms. The molecule has 2 aromatic carbocycles. The second-order valence-corrected chi connectivity index (χ2v) is 4.78. The molecule has 0 amide bonds. The summed E-state index contributed by atoms with van der Waals surface area (Å²) in [7, 11) is 1.53. The van der Waals surface area contributed by atoms with Gasteiger partial charge in [-0.3, -0.25) is 0 Å². The number of halogens is 3. The lowest BCUT2D eigenvalue weighted by Gasteiger charge is -2.17. The van der Waals surface area contributed by atoms with Gasteiger partial charge in [-0.25, -0.2) is 8.78 Å². The number of hydrogen-bond donors (Lipinski definition) is 1. The Bertz CT molecular complexity index is 604. The summed E-state index contributed by atoms with van der Waals surface area (Å²) >= 11 is 3.04. The molecule has 0 aliphatic heterocycles. The molecule has 0 saturated carbocycles. The van der Waals surface area contributed by atoms with Crippen LogP contribution in [-0.2, 0) is 0 Å². The fraction of sp³-hybridized carbons (Fsp3) is 0.143. The summed E-state index contributed by atoms with van der Waals surface area (Å²) in [6, 6.07) is 9.09. The van der Waals surface area contributed by atoms with E-state index in [0.717, 1.165) is 6.07 Å². The minimum absolute atomic E-state index is 0.0332. The Morgan fingerprint density at radius 3 is 2.47 bits per heavy atom. The van der Waals surface area contributed by atoms with Crippen molar-refractivity contribution in [2.75, 3.05) is 7.11 Å². The van der Waals surface area contributed by atoms with Crippen LogP contribution in [0.2, 0.25) is 0 Å². The molecule has 5 heteroatoms. The van der Waals surface area contributed by atoms with E-state index in [1.54, 1.807) is 12.1 Å². The molecule has 19 heavy (non-hydrogen) atoms. The van der Waals surface area contributed by atoms with Crippen molar-refractivity contribution in [2.45, 2.75) is 6.04 Å². The first kappa shape index (κ1) is 14.0. The van der Waals surface area contributed by atoms with Crippen molar-refractivity contribution < 1.29 is 13.5 Å². The molecule has 0 saturated heterocycles. The zero-order valence-corrected chi connectivity index (χ0v) is 11.7. The molecular weight excluding hydrogens is 316 g/mol. The smallest absolute Gasteiger partial charge is 0.173 e. The molecule has 2 N–H and O–H groups in total. The molecule has 0 aliphatic carbocycles. The number of ether oxygens (including phenoxy) is 1. The van der Waals surface area contributed by atoms with Gasteiger partial charge in [-0.1, -0.05) is 24.3 Å². The van der Waals surface area contributed by atoms with Crippen LogP contribution in [0, 0.1) is 11.6 Å². The van der Waals surface area contributed by atoms with Gasteiger partial charge in [0.25, 0.3) is 0 Å². The molecule has 0 heterocycles. The standard InChI is InChI=1S/C14H12BrF2NO/c1-19-11-5-3-2-4-8(11)14(18)9-6-7-10(16)13(17)12(9)15/h2-7,14H,18H2,1H3. The molecule has 1 unspecified atom stereocenters. The first-order valence-electron chi connectivity index (χ1n) is 5.58. The van der Waals surface area contributed by atoms with Crippen molar-refractivity contribution >= 4 is 15.9 Å². The average Bonchev–Trinajstić information content (AvgIpc) is 2.44. The largest absolute Gasteiger partial charge is 0.496 e. The van der Waals surface area contributed by atoms with Crippen molar-refractivity contribution in [3.05, 3.63) is 63.6 Å². The van der Waals surface area contributed by atoms with E-state index in [1.807, 2.05) is 12.1 Å². The molecule has 2 nitrogen and oxygen atoms in total. The lowest BCUT2D eigenvalue weighted by Crippen LogP contribution is -2.14. The Kier molecular flexibility index (Phi) is 4.17. The van der Waals surface area contributed by atoms with Gasteiger partial charge in [-0.05, 0) is 33.6 Å². The first-order chi connectivity index (χ1) is 9.06. The lowest BCUT2D eigenvalue weighted by molar-refractivity contribution is 0.407. The molecule has 0 aromatic heterocycles. The number of benzene rings is 2. The molecule has 100 valence electrons. The van der Waals surface area contributed by atoms with Crippen LogP contribution in [0.1, 0.15) is 17.2 Å². The van der Waals surface area contributed by atoms with Crippen molar-refractivity contribution in [2.24, 2.45) is 5.73 Å². The van der Waals surface area contributed by atoms with E-state index in [0.29, 0.717) is 16.9 Å². The highest BCUT2D eigenvalue weighted by molar-refractivity contribution is 9.10. The van der Waals surface area contributed by atoms with E-state index in [1.165, 1.54) is 13.2 Å². The highest BCUT2D eigenvalue weighted by atomic mass is 79.9. The summed E-state index contributed by atoms with van der Waals surface area (Å²) < 4.78 is 31.9. The third kappa shape index (κ3) is 2.62. The van der Waals surface area contributed by atoms with Crippen molar-refractivity contribution in [3.8, 4) is 5.75 Å². The predicted octanol–water partition coefficient (Wildman–Crippen LogP) is 3.78. The van der Waals surface area contributed by atoms with Crippen LogP contribution >= 0.6 is 15.9 Å². The molecule has 1 atom stereocenters. The maximum Gasteiger partial charge on any atom is 0.173 e. The SMILES string of the molecule is COc1ccccc1C(N)c1ccc(F)c(F)c1Br. The Morgan fingerprint density at radius 2 is 1.79 bits per heavy atom. The molecule has 2 rings (SSSR count). The van der Waals surface area contributed by atoms with E-state index in [-0.39, 0.29) is 4.47 Å². The maximum atomic E-state index is 13.5. The highest BCUT2D eigenvalue weighted by Gasteiger charge is 2.19. The normalized spacial score (nSPS) is 12.3. The number of hydrogen-bond acceptors (Lipinski definition) is 2. The van der Waals surface area contributed by atoms with Crippen LogP contribution in [0.15, 0.2) is 40.9 Å². The average molecular weight is 328 g/mol. The van der Waals surface area contributed by atoms with Gasteiger partial charge in [0, 0.05) is 5.56 Å². The summed E-state index contributed by atoms with van der Waals surface area (Å²) in [5, 5.41) is 0. The summed E-state index contributed by atoms with van der Waals surface area (Å²) in [6.45, 7) is 0. The number of rotatable bonds is 3. The van der Waals surface area contributed by atoms with E-state index >= 15 is 0 Å². The number of para-hydroxylation sites is 1. The van der Waals surface area contributed by atoms with Crippen LogP contribution in [0.3, 0.4) is 0 Å². The van der Waals surface area contributed by atoms with E-state index < -0.39 is 17.7 Å². The predicted molar refractivity (Wildman–Crippen MR) is 73.1 cm³/mol. The van der Waals surface area contributed by atoms with Gasteiger partial charge in [-0.15, -0.1) is 0 Å². The highest BCUT2D eigenvalue weighted by Crippen LogP contribution is 2.33. The van der Waals surface area contributed by atoms with Crippen LogP contribution in [0.5, 0.6) is 5.75 Å². The molecular formula is C14H12BrF2NO. The second kappa shape index (κ2) is 5.67. The van der Waals surface area contributed by atoms with Gasteiger partial charge in [0.05, 0.1) is 17.6 Å². The van der Waals surface area contributed by atoms with Crippen LogP contribution in [0.4, 0.5) is 8.78 Å².